The molecule has 0 N–H and O–H groups in total. The molecule has 2 nitrogen and oxygen atoms in total. The average Bonchev–Trinajstić information content (AvgIpc) is 2.47. The molecule has 0 atom stereocenters. The maximum Gasteiger partial charge on any atom is 0.251 e. The van der Waals surface area contributed by atoms with Crippen LogP contribution in [0.5, 0.6) is 0 Å². The monoisotopic (exact) mass is 207 g/mol. The molecule has 0 bridgehead atoms. The standard InChI is InChI=1S/C13H21NO/c1-11(2)7-5-4-6-10-14-12(3)8-9-13(14)15/h8-9,11H,3-7,10H2,1-2H3. The van der Waals surface area contributed by atoms with E-state index in [1.54, 1.807) is 17.1 Å². The molecule has 2 heteroatoms. The van der Waals surface area contributed by atoms with Crippen LogP contribution in [0.1, 0.15) is 39.5 Å². The molecule has 84 valence electrons. The SMILES string of the molecule is C=C1C=CC(=O)N1CCCCCC(C)C. The van der Waals surface area contributed by atoms with Crippen LogP contribution in [0.15, 0.2) is 24.4 Å². The van der Waals surface area contributed by atoms with Crippen LogP contribution in [0.3, 0.4) is 0 Å². The summed E-state index contributed by atoms with van der Waals surface area (Å²) in [4.78, 5) is 13.1. The highest BCUT2D eigenvalue weighted by atomic mass is 16.2. The summed E-state index contributed by atoms with van der Waals surface area (Å²) >= 11 is 0. The summed E-state index contributed by atoms with van der Waals surface area (Å²) < 4.78 is 0. The van der Waals surface area contributed by atoms with Gasteiger partial charge in [0.15, 0.2) is 0 Å². The van der Waals surface area contributed by atoms with E-state index in [-0.39, 0.29) is 5.91 Å². The third-order valence-electron chi connectivity index (χ3n) is 2.69. The molecule has 0 aromatic heterocycles. The second-order valence-corrected chi connectivity index (χ2v) is 4.56. The van der Waals surface area contributed by atoms with Gasteiger partial charge in [-0.05, 0) is 18.4 Å². The number of unbranched alkanes of at least 4 members (excludes halogenated alkanes) is 2. The fraction of sp³-hybridized carbons (Fsp3) is 0.615. The van der Waals surface area contributed by atoms with E-state index in [1.165, 1.54) is 19.3 Å². The number of amides is 1. The summed E-state index contributed by atoms with van der Waals surface area (Å²) in [6, 6.07) is 0. The van der Waals surface area contributed by atoms with E-state index in [9.17, 15) is 4.79 Å². The Bertz CT molecular complexity index is 248. The van der Waals surface area contributed by atoms with Crippen LogP contribution in [-0.4, -0.2) is 17.4 Å². The van der Waals surface area contributed by atoms with Crippen molar-refractivity contribution in [2.45, 2.75) is 39.5 Å². The van der Waals surface area contributed by atoms with E-state index >= 15 is 0 Å². The molecular formula is C13H21NO. The molecule has 0 spiro atoms. The van der Waals surface area contributed by atoms with E-state index in [0.717, 1.165) is 24.6 Å². The highest BCUT2D eigenvalue weighted by Crippen LogP contribution is 2.15. The van der Waals surface area contributed by atoms with E-state index < -0.39 is 0 Å². The molecule has 1 rings (SSSR count). The lowest BCUT2D eigenvalue weighted by Gasteiger charge is -2.16. The second-order valence-electron chi connectivity index (χ2n) is 4.56. The minimum absolute atomic E-state index is 0.0869. The zero-order valence-electron chi connectivity index (χ0n) is 9.83. The topological polar surface area (TPSA) is 20.3 Å². The fourth-order valence-electron chi connectivity index (χ4n) is 1.74. The normalized spacial score (nSPS) is 15.8. The molecule has 0 radical (unpaired) electrons. The Labute approximate surface area is 92.7 Å². The Hall–Kier alpha value is -1.05. The van der Waals surface area contributed by atoms with Crippen molar-refractivity contribution in [2.24, 2.45) is 5.92 Å². The summed E-state index contributed by atoms with van der Waals surface area (Å²) in [7, 11) is 0. The molecule has 0 unspecified atom stereocenters. The van der Waals surface area contributed by atoms with Gasteiger partial charge in [-0.3, -0.25) is 4.79 Å². The average molecular weight is 207 g/mol. The lowest BCUT2D eigenvalue weighted by Crippen LogP contribution is -2.24. The predicted molar refractivity (Wildman–Crippen MR) is 63.3 cm³/mol. The minimum atomic E-state index is 0.0869. The van der Waals surface area contributed by atoms with Crippen molar-refractivity contribution < 1.29 is 4.79 Å². The van der Waals surface area contributed by atoms with Gasteiger partial charge < -0.3 is 4.90 Å². The van der Waals surface area contributed by atoms with Crippen molar-refractivity contribution >= 4 is 5.91 Å². The van der Waals surface area contributed by atoms with Gasteiger partial charge in [0.1, 0.15) is 0 Å². The Morgan fingerprint density at radius 2 is 2.00 bits per heavy atom. The molecule has 1 amide bonds. The first-order valence-electron chi connectivity index (χ1n) is 5.79. The summed E-state index contributed by atoms with van der Waals surface area (Å²) in [5, 5.41) is 0. The van der Waals surface area contributed by atoms with Gasteiger partial charge in [0.05, 0.1) is 0 Å². The molecule has 0 saturated carbocycles. The van der Waals surface area contributed by atoms with Crippen LogP contribution in [-0.2, 0) is 4.79 Å². The molecule has 0 saturated heterocycles. The Morgan fingerprint density at radius 3 is 2.53 bits per heavy atom. The van der Waals surface area contributed by atoms with E-state index in [2.05, 4.69) is 20.4 Å². The van der Waals surface area contributed by atoms with Gasteiger partial charge in [-0.1, -0.05) is 39.7 Å². The number of rotatable bonds is 6. The third-order valence-corrected chi connectivity index (χ3v) is 2.69. The number of carbonyl (C=O) groups excluding carboxylic acids is 1. The van der Waals surface area contributed by atoms with E-state index in [4.69, 9.17) is 0 Å². The zero-order chi connectivity index (χ0) is 11.3. The highest BCUT2D eigenvalue weighted by molar-refractivity contribution is 5.92. The highest BCUT2D eigenvalue weighted by Gasteiger charge is 2.17. The predicted octanol–water partition coefficient (Wildman–Crippen LogP) is 3.11. The van der Waals surface area contributed by atoms with Crippen molar-refractivity contribution in [1.82, 2.24) is 4.90 Å². The van der Waals surface area contributed by atoms with Crippen LogP contribution >= 0.6 is 0 Å². The molecule has 1 aliphatic rings. The van der Waals surface area contributed by atoms with Crippen LogP contribution < -0.4 is 0 Å². The third kappa shape index (κ3) is 3.90. The summed E-state index contributed by atoms with van der Waals surface area (Å²) in [6.45, 7) is 9.15. The van der Waals surface area contributed by atoms with E-state index in [1.807, 2.05) is 0 Å². The lowest BCUT2D eigenvalue weighted by atomic mass is 10.1. The molecule has 0 aromatic carbocycles. The minimum Gasteiger partial charge on any atom is -0.309 e. The molecular weight excluding hydrogens is 186 g/mol. The van der Waals surface area contributed by atoms with Gasteiger partial charge >= 0.3 is 0 Å². The first-order valence-corrected chi connectivity index (χ1v) is 5.79. The van der Waals surface area contributed by atoms with Crippen molar-refractivity contribution in [3.63, 3.8) is 0 Å². The zero-order valence-corrected chi connectivity index (χ0v) is 9.83. The first kappa shape index (κ1) is 12.0. The van der Waals surface area contributed by atoms with Crippen LogP contribution in [0, 0.1) is 5.92 Å². The van der Waals surface area contributed by atoms with Gasteiger partial charge in [-0.2, -0.15) is 0 Å². The first-order chi connectivity index (χ1) is 7.11. The van der Waals surface area contributed by atoms with Crippen molar-refractivity contribution in [1.29, 1.82) is 0 Å². The molecule has 0 aromatic rings. The van der Waals surface area contributed by atoms with Gasteiger partial charge in [0.25, 0.3) is 5.91 Å². The summed E-state index contributed by atoms with van der Waals surface area (Å²) in [6.07, 6.45) is 8.22. The molecule has 1 aliphatic heterocycles. The van der Waals surface area contributed by atoms with Gasteiger partial charge in [0, 0.05) is 18.3 Å². The second kappa shape index (κ2) is 5.74. The lowest BCUT2D eigenvalue weighted by molar-refractivity contribution is -0.123. The Kier molecular flexibility index (Phi) is 4.60. The van der Waals surface area contributed by atoms with Crippen molar-refractivity contribution in [3.05, 3.63) is 24.4 Å². The Morgan fingerprint density at radius 1 is 1.27 bits per heavy atom. The van der Waals surface area contributed by atoms with Crippen LogP contribution in [0.25, 0.3) is 0 Å². The van der Waals surface area contributed by atoms with Crippen LogP contribution in [0.2, 0.25) is 0 Å². The maximum absolute atomic E-state index is 11.3. The number of allylic oxidation sites excluding steroid dienone is 1. The number of hydrogen-bond acceptors (Lipinski definition) is 1. The number of nitrogens with zero attached hydrogens (tertiary/aromatic N) is 1. The van der Waals surface area contributed by atoms with Gasteiger partial charge in [0.2, 0.25) is 0 Å². The Balaban J connectivity index is 2.10. The molecule has 0 fully saturated rings. The maximum atomic E-state index is 11.3. The van der Waals surface area contributed by atoms with Gasteiger partial charge in [-0.25, -0.2) is 0 Å². The van der Waals surface area contributed by atoms with Gasteiger partial charge in [-0.15, -0.1) is 0 Å². The molecule has 15 heavy (non-hydrogen) atoms. The summed E-state index contributed by atoms with van der Waals surface area (Å²) in [5.74, 6) is 0.874. The fourth-order valence-corrected chi connectivity index (χ4v) is 1.74. The molecule has 1 heterocycles. The number of carbonyl (C=O) groups is 1. The van der Waals surface area contributed by atoms with Crippen molar-refractivity contribution in [2.75, 3.05) is 6.54 Å². The largest absolute Gasteiger partial charge is 0.309 e. The summed E-state index contributed by atoms with van der Waals surface area (Å²) in [5.41, 5.74) is 0.837. The molecule has 0 aliphatic carbocycles. The van der Waals surface area contributed by atoms with Crippen molar-refractivity contribution in [3.8, 4) is 0 Å². The van der Waals surface area contributed by atoms with Crippen LogP contribution in [0.4, 0.5) is 0 Å². The number of hydrogen-bond donors (Lipinski definition) is 0. The quantitative estimate of drug-likeness (QED) is 0.613. The van der Waals surface area contributed by atoms with E-state index in [0.29, 0.717) is 0 Å². The smallest absolute Gasteiger partial charge is 0.251 e.